The van der Waals surface area contributed by atoms with Gasteiger partial charge in [-0.15, -0.1) is 0 Å². The number of nitrogens with one attached hydrogen (secondary N) is 2. The number of rotatable bonds is 6. The second-order valence-electron chi connectivity index (χ2n) is 8.40. The largest absolute Gasteiger partial charge is 0.495 e. The van der Waals surface area contributed by atoms with Crippen molar-refractivity contribution >= 4 is 89.7 Å². The topological polar surface area (TPSA) is 56.8 Å². The van der Waals surface area contributed by atoms with Crippen molar-refractivity contribution in [1.29, 1.82) is 0 Å². The normalized spacial score (nSPS) is 13.8. The van der Waals surface area contributed by atoms with E-state index < -0.39 is 5.91 Å². The van der Waals surface area contributed by atoms with Gasteiger partial charge in [-0.25, -0.2) is 0 Å². The number of benzene rings is 3. The van der Waals surface area contributed by atoms with Crippen LogP contribution in [-0.2, 0) is 6.54 Å². The van der Waals surface area contributed by atoms with Gasteiger partial charge in [0.05, 0.1) is 27.9 Å². The molecule has 0 radical (unpaired) electrons. The predicted molar refractivity (Wildman–Crippen MR) is 162 cm³/mol. The van der Waals surface area contributed by atoms with Gasteiger partial charge in [-0.1, -0.05) is 57.3 Å². The molecule has 0 bridgehead atoms. The summed E-state index contributed by atoms with van der Waals surface area (Å²) in [5.74, 6) is 0.0246. The third-order valence-electron chi connectivity index (χ3n) is 5.95. The molecule has 1 aliphatic rings. The molecule has 3 aromatic carbocycles. The Kier molecular flexibility index (Phi) is 9.72. The van der Waals surface area contributed by atoms with Crippen LogP contribution in [0.1, 0.15) is 15.9 Å². The smallest absolute Gasteiger partial charge is 0.261 e. The number of amides is 1. The highest BCUT2D eigenvalue weighted by molar-refractivity contribution is 9.11. The molecule has 0 saturated carbocycles. The molecule has 0 unspecified atom stereocenters. The number of methoxy groups -OCH3 is 1. The lowest BCUT2D eigenvalue weighted by atomic mass is 10.2. The van der Waals surface area contributed by atoms with Crippen LogP contribution in [0.4, 0.5) is 11.4 Å². The van der Waals surface area contributed by atoms with Crippen molar-refractivity contribution in [2.45, 2.75) is 6.54 Å². The molecule has 11 heteroatoms. The number of ether oxygens (including phenoxy) is 1. The number of carbonyl (C=O) groups excluding carboxylic acids is 1. The maximum absolute atomic E-state index is 12.8. The molecule has 1 saturated heterocycles. The number of piperazine rings is 1. The van der Waals surface area contributed by atoms with Crippen LogP contribution in [0.25, 0.3) is 0 Å². The van der Waals surface area contributed by atoms with Gasteiger partial charge >= 0.3 is 0 Å². The number of halogens is 4. The second kappa shape index (κ2) is 12.8. The minimum atomic E-state index is -0.395. The van der Waals surface area contributed by atoms with E-state index in [0.717, 1.165) is 53.5 Å². The van der Waals surface area contributed by atoms with Crippen LogP contribution in [0, 0.1) is 0 Å². The molecule has 1 heterocycles. The Balaban J connectivity index is 1.34. The van der Waals surface area contributed by atoms with E-state index >= 15 is 0 Å². The lowest BCUT2D eigenvalue weighted by Crippen LogP contribution is -2.46. The molecule has 2 N–H and O–H groups in total. The molecule has 6 nitrogen and oxygen atoms in total. The van der Waals surface area contributed by atoms with E-state index in [-0.39, 0.29) is 5.11 Å². The van der Waals surface area contributed by atoms with Gasteiger partial charge in [0.1, 0.15) is 5.75 Å². The van der Waals surface area contributed by atoms with Gasteiger partial charge in [0.15, 0.2) is 5.11 Å². The van der Waals surface area contributed by atoms with Gasteiger partial charge in [0.25, 0.3) is 5.91 Å². The number of hydrogen-bond donors (Lipinski definition) is 2. The van der Waals surface area contributed by atoms with E-state index in [1.54, 1.807) is 12.1 Å². The molecule has 194 valence electrons. The van der Waals surface area contributed by atoms with E-state index in [1.165, 1.54) is 7.11 Å². The third-order valence-corrected chi connectivity index (χ3v) is 7.88. The first-order valence-corrected chi connectivity index (χ1v) is 14.2. The number of thiocarbonyl (C=S) groups is 1. The summed E-state index contributed by atoms with van der Waals surface area (Å²) in [5.41, 5.74) is 3.12. The molecule has 1 fully saturated rings. The SMILES string of the molecule is COc1c(Br)cc(Br)cc1C(=O)NC(=S)Nc1ccc(N2CCN(Cc3ccccc3Cl)CC2)c(Cl)c1. The average Bonchev–Trinajstić information content (AvgIpc) is 2.85. The molecule has 0 aromatic heterocycles. The number of carbonyl (C=O) groups is 1. The molecule has 1 amide bonds. The zero-order valence-corrected chi connectivity index (χ0v) is 25.4. The molecular weight excluding hydrogens is 663 g/mol. The summed E-state index contributed by atoms with van der Waals surface area (Å²) in [4.78, 5) is 17.5. The first kappa shape index (κ1) is 28.1. The Morgan fingerprint density at radius 2 is 1.76 bits per heavy atom. The molecular formula is C26H24Br2Cl2N4O2S. The van der Waals surface area contributed by atoms with Gasteiger partial charge in [0.2, 0.25) is 0 Å². The van der Waals surface area contributed by atoms with Crippen LogP contribution in [0.15, 0.2) is 63.5 Å². The Morgan fingerprint density at radius 3 is 2.43 bits per heavy atom. The molecule has 1 aliphatic heterocycles. The summed E-state index contributed by atoms with van der Waals surface area (Å²) >= 11 is 25.1. The van der Waals surface area contributed by atoms with Gasteiger partial charge in [-0.3, -0.25) is 15.0 Å². The van der Waals surface area contributed by atoms with Crippen molar-refractivity contribution < 1.29 is 9.53 Å². The zero-order valence-electron chi connectivity index (χ0n) is 19.9. The van der Waals surface area contributed by atoms with Crippen molar-refractivity contribution in [3.63, 3.8) is 0 Å². The molecule has 0 atom stereocenters. The Bertz CT molecular complexity index is 1320. The van der Waals surface area contributed by atoms with Crippen LogP contribution in [0.3, 0.4) is 0 Å². The van der Waals surface area contributed by atoms with Crippen LogP contribution >= 0.6 is 67.3 Å². The highest BCUT2D eigenvalue weighted by Gasteiger charge is 2.21. The number of anilines is 2. The third kappa shape index (κ3) is 7.16. The molecule has 0 aliphatic carbocycles. The molecule has 3 aromatic rings. The van der Waals surface area contributed by atoms with Gasteiger partial charge < -0.3 is 15.0 Å². The van der Waals surface area contributed by atoms with E-state index in [2.05, 4.69) is 58.4 Å². The molecule has 37 heavy (non-hydrogen) atoms. The van der Waals surface area contributed by atoms with Crippen molar-refractivity contribution in [2.75, 3.05) is 43.5 Å². The first-order valence-electron chi connectivity index (χ1n) is 11.4. The zero-order chi connectivity index (χ0) is 26.5. The Hall–Kier alpha value is -1.88. The van der Waals surface area contributed by atoms with E-state index in [9.17, 15) is 4.79 Å². The summed E-state index contributed by atoms with van der Waals surface area (Å²) in [6, 6.07) is 17.1. The second-order valence-corrected chi connectivity index (χ2v) is 11.4. The highest BCUT2D eigenvalue weighted by Crippen LogP contribution is 2.33. The first-order chi connectivity index (χ1) is 17.7. The lowest BCUT2D eigenvalue weighted by molar-refractivity contribution is 0.0974. The van der Waals surface area contributed by atoms with Gasteiger partial charge in [-0.2, -0.15) is 0 Å². The van der Waals surface area contributed by atoms with Gasteiger partial charge in [-0.05, 0) is 70.1 Å². The predicted octanol–water partition coefficient (Wildman–Crippen LogP) is 6.98. The fraction of sp³-hybridized carbons (Fsp3) is 0.231. The molecule has 4 rings (SSSR count). The van der Waals surface area contributed by atoms with Crippen LogP contribution < -0.4 is 20.3 Å². The average molecular weight is 687 g/mol. The van der Waals surface area contributed by atoms with Crippen LogP contribution in [0.5, 0.6) is 5.75 Å². The van der Waals surface area contributed by atoms with Crippen LogP contribution in [0.2, 0.25) is 10.0 Å². The van der Waals surface area contributed by atoms with E-state index in [0.29, 0.717) is 26.5 Å². The van der Waals surface area contributed by atoms with E-state index in [4.69, 9.17) is 40.2 Å². The maximum Gasteiger partial charge on any atom is 0.261 e. The lowest BCUT2D eigenvalue weighted by Gasteiger charge is -2.36. The Labute approximate surface area is 248 Å². The van der Waals surface area contributed by atoms with Crippen molar-refractivity contribution in [1.82, 2.24) is 10.2 Å². The Morgan fingerprint density at radius 1 is 1.03 bits per heavy atom. The summed E-state index contributed by atoms with van der Waals surface area (Å²) in [6.45, 7) is 4.36. The summed E-state index contributed by atoms with van der Waals surface area (Å²) in [5, 5.41) is 7.28. The minimum absolute atomic E-state index is 0.153. The fourth-order valence-corrected chi connectivity index (χ4v) is 6.22. The summed E-state index contributed by atoms with van der Waals surface area (Å²) in [7, 11) is 1.50. The minimum Gasteiger partial charge on any atom is -0.495 e. The standard InChI is InChI=1S/C26H24Br2Cl2N4O2S/c1-36-24-19(12-17(27)13-20(24)28)25(35)32-26(37)31-18-6-7-23(22(30)14-18)34-10-8-33(9-11-34)15-16-4-2-3-5-21(16)29/h2-7,12-14H,8-11,15H2,1H3,(H2,31,32,35,37). The maximum atomic E-state index is 12.8. The summed E-state index contributed by atoms with van der Waals surface area (Å²) < 4.78 is 6.74. The van der Waals surface area contributed by atoms with Crippen molar-refractivity contribution in [3.05, 3.63) is 84.7 Å². The monoisotopic (exact) mass is 684 g/mol. The molecule has 0 spiro atoms. The van der Waals surface area contributed by atoms with E-state index in [1.807, 2.05) is 36.4 Å². The van der Waals surface area contributed by atoms with Crippen molar-refractivity contribution in [2.24, 2.45) is 0 Å². The number of hydrogen-bond acceptors (Lipinski definition) is 5. The van der Waals surface area contributed by atoms with Gasteiger partial charge in [0, 0.05) is 47.9 Å². The van der Waals surface area contributed by atoms with Crippen LogP contribution in [-0.4, -0.2) is 49.2 Å². The fourth-order valence-electron chi connectivity index (χ4n) is 4.12. The van der Waals surface area contributed by atoms with Crippen molar-refractivity contribution in [3.8, 4) is 5.75 Å². The highest BCUT2D eigenvalue weighted by atomic mass is 79.9. The quantitative estimate of drug-likeness (QED) is 0.273. The summed E-state index contributed by atoms with van der Waals surface area (Å²) in [6.07, 6.45) is 0. The number of nitrogens with zero attached hydrogens (tertiary/aromatic N) is 2.